The number of rotatable bonds is 7. The lowest BCUT2D eigenvalue weighted by Gasteiger charge is -2.17. The number of nitrogens with zero attached hydrogens (tertiary/aromatic N) is 4. The molecule has 6 nitrogen and oxygen atoms in total. The summed E-state index contributed by atoms with van der Waals surface area (Å²) in [6.45, 7) is 8.62. The maximum atomic E-state index is 12.6. The Hall–Kier alpha value is -1.60. The van der Waals surface area contributed by atoms with Crippen LogP contribution in [0.3, 0.4) is 0 Å². The number of carbonyl (C=O) groups excluding carboxylic acids is 1. The molecular formula is C16H24N4O2S. The summed E-state index contributed by atoms with van der Waals surface area (Å²) in [5.74, 6) is 1.31. The molecule has 23 heavy (non-hydrogen) atoms. The minimum Gasteiger partial charge on any atom is -0.383 e. The third-order valence-corrected chi connectivity index (χ3v) is 5.04. The van der Waals surface area contributed by atoms with Crippen molar-refractivity contribution in [2.24, 2.45) is 7.05 Å². The van der Waals surface area contributed by atoms with E-state index in [1.807, 2.05) is 38.5 Å². The normalized spacial score (nSPS) is 12.6. The molecule has 0 saturated heterocycles. The summed E-state index contributed by atoms with van der Waals surface area (Å²) in [6, 6.07) is 2.17. The van der Waals surface area contributed by atoms with Gasteiger partial charge in [-0.2, -0.15) is 0 Å². The molecule has 7 heteroatoms. The Labute approximate surface area is 141 Å². The van der Waals surface area contributed by atoms with Gasteiger partial charge in [0.15, 0.2) is 10.9 Å². The van der Waals surface area contributed by atoms with Crippen molar-refractivity contribution in [1.82, 2.24) is 19.3 Å². The molecule has 2 rings (SSSR count). The molecule has 0 radical (unpaired) electrons. The van der Waals surface area contributed by atoms with E-state index in [1.54, 1.807) is 7.11 Å². The van der Waals surface area contributed by atoms with Crippen LogP contribution in [0, 0.1) is 20.8 Å². The van der Waals surface area contributed by atoms with E-state index in [2.05, 4.69) is 21.7 Å². The summed E-state index contributed by atoms with van der Waals surface area (Å²) in [5.41, 5.74) is 2.85. The summed E-state index contributed by atoms with van der Waals surface area (Å²) >= 11 is 1.42. The number of hydrogen-bond acceptors (Lipinski definition) is 5. The standard InChI is InChI=1S/C16H24N4O2S/c1-10-7-14(12(3)20(10)11(2)8-22-6)15(21)9-23-16-18-17-13(4)19(16)5/h7,11H,8-9H2,1-6H3/t11-/m0/s1. The molecule has 0 aliphatic heterocycles. The molecule has 0 saturated carbocycles. The number of hydrogen-bond donors (Lipinski definition) is 0. The molecule has 126 valence electrons. The first-order chi connectivity index (χ1) is 10.9. The Morgan fingerprint density at radius 3 is 2.61 bits per heavy atom. The average Bonchev–Trinajstić information content (AvgIpc) is 2.97. The van der Waals surface area contributed by atoms with Crippen molar-refractivity contribution in [2.45, 2.75) is 38.9 Å². The van der Waals surface area contributed by atoms with Crippen LogP contribution in [0.1, 0.15) is 40.5 Å². The zero-order valence-corrected chi connectivity index (χ0v) is 15.4. The summed E-state index contributed by atoms with van der Waals surface area (Å²) in [5, 5.41) is 8.85. The first-order valence-corrected chi connectivity index (χ1v) is 8.54. The van der Waals surface area contributed by atoms with Crippen molar-refractivity contribution < 1.29 is 9.53 Å². The highest BCUT2D eigenvalue weighted by Gasteiger charge is 2.19. The maximum Gasteiger partial charge on any atom is 0.191 e. The van der Waals surface area contributed by atoms with Crippen molar-refractivity contribution >= 4 is 17.5 Å². The highest BCUT2D eigenvalue weighted by atomic mass is 32.2. The Morgan fingerprint density at radius 2 is 2.04 bits per heavy atom. The fraction of sp³-hybridized carbons (Fsp3) is 0.562. The van der Waals surface area contributed by atoms with Gasteiger partial charge in [0.05, 0.1) is 18.4 Å². The minimum absolute atomic E-state index is 0.111. The number of carbonyl (C=O) groups is 1. The lowest BCUT2D eigenvalue weighted by molar-refractivity contribution is 0.102. The first kappa shape index (κ1) is 17.7. The van der Waals surface area contributed by atoms with Gasteiger partial charge in [-0.25, -0.2) is 0 Å². The van der Waals surface area contributed by atoms with Crippen molar-refractivity contribution in [1.29, 1.82) is 0 Å². The van der Waals surface area contributed by atoms with Crippen LogP contribution in [0.4, 0.5) is 0 Å². The molecule has 2 aromatic heterocycles. The first-order valence-electron chi connectivity index (χ1n) is 7.56. The van der Waals surface area contributed by atoms with Gasteiger partial charge in [-0.05, 0) is 33.8 Å². The molecule has 0 N–H and O–H groups in total. The van der Waals surface area contributed by atoms with Crippen LogP contribution < -0.4 is 0 Å². The van der Waals surface area contributed by atoms with Gasteiger partial charge in [0.1, 0.15) is 5.82 Å². The minimum atomic E-state index is 0.111. The zero-order valence-electron chi connectivity index (χ0n) is 14.6. The molecule has 0 aromatic carbocycles. The van der Waals surface area contributed by atoms with Crippen LogP contribution in [0.15, 0.2) is 11.2 Å². The van der Waals surface area contributed by atoms with E-state index in [0.29, 0.717) is 12.4 Å². The van der Waals surface area contributed by atoms with Gasteiger partial charge in [0.25, 0.3) is 0 Å². The second-order valence-electron chi connectivity index (χ2n) is 5.76. The molecule has 0 fully saturated rings. The highest BCUT2D eigenvalue weighted by molar-refractivity contribution is 7.99. The van der Waals surface area contributed by atoms with E-state index in [-0.39, 0.29) is 11.8 Å². The SMILES string of the molecule is COC[C@H](C)n1c(C)cc(C(=O)CSc2nnc(C)n2C)c1C. The number of ketones is 1. The number of thioether (sulfide) groups is 1. The molecule has 0 aliphatic carbocycles. The van der Waals surface area contributed by atoms with Gasteiger partial charge in [-0.1, -0.05) is 11.8 Å². The van der Waals surface area contributed by atoms with Crippen molar-refractivity contribution in [3.05, 3.63) is 28.8 Å². The van der Waals surface area contributed by atoms with Crippen LogP contribution in [-0.4, -0.2) is 44.6 Å². The van der Waals surface area contributed by atoms with Gasteiger partial charge in [-0.15, -0.1) is 10.2 Å². The predicted molar refractivity (Wildman–Crippen MR) is 91.3 cm³/mol. The lowest BCUT2D eigenvalue weighted by atomic mass is 10.2. The highest BCUT2D eigenvalue weighted by Crippen LogP contribution is 2.23. The lowest BCUT2D eigenvalue weighted by Crippen LogP contribution is -2.14. The fourth-order valence-electron chi connectivity index (χ4n) is 2.77. The number of Topliss-reactive ketones (excluding diaryl/α,β-unsaturated/α-hetero) is 1. The van der Waals surface area contributed by atoms with Crippen molar-refractivity contribution in [3.63, 3.8) is 0 Å². The van der Waals surface area contributed by atoms with E-state index in [1.165, 1.54) is 11.8 Å². The molecule has 2 aromatic rings. The number of aryl methyl sites for hydroxylation is 2. The van der Waals surface area contributed by atoms with Crippen LogP contribution in [0.2, 0.25) is 0 Å². The molecule has 0 aliphatic rings. The summed E-state index contributed by atoms with van der Waals surface area (Å²) in [4.78, 5) is 12.6. The summed E-state index contributed by atoms with van der Waals surface area (Å²) in [7, 11) is 3.59. The zero-order chi connectivity index (χ0) is 17.1. The van der Waals surface area contributed by atoms with E-state index < -0.39 is 0 Å². The monoisotopic (exact) mass is 336 g/mol. The maximum absolute atomic E-state index is 12.6. The largest absolute Gasteiger partial charge is 0.383 e. The van der Waals surface area contributed by atoms with Gasteiger partial charge >= 0.3 is 0 Å². The second-order valence-corrected chi connectivity index (χ2v) is 6.70. The van der Waals surface area contributed by atoms with Gasteiger partial charge in [0, 0.05) is 31.1 Å². The summed E-state index contributed by atoms with van der Waals surface area (Å²) < 4.78 is 9.28. The third kappa shape index (κ3) is 3.67. The molecule has 0 bridgehead atoms. The molecule has 0 amide bonds. The quantitative estimate of drug-likeness (QED) is 0.575. The predicted octanol–water partition coefficient (Wildman–Crippen LogP) is 2.72. The second kappa shape index (κ2) is 7.31. The van der Waals surface area contributed by atoms with E-state index in [0.717, 1.165) is 27.9 Å². The number of methoxy groups -OCH3 is 1. The van der Waals surface area contributed by atoms with Crippen LogP contribution in [0.25, 0.3) is 0 Å². The Morgan fingerprint density at radius 1 is 1.35 bits per heavy atom. The fourth-order valence-corrected chi connectivity index (χ4v) is 3.61. The number of aromatic nitrogens is 4. The molecular weight excluding hydrogens is 312 g/mol. The average molecular weight is 336 g/mol. The van der Waals surface area contributed by atoms with Crippen LogP contribution in [-0.2, 0) is 11.8 Å². The molecule has 0 spiro atoms. The number of ether oxygens (including phenoxy) is 1. The Kier molecular flexibility index (Phi) is 5.64. The van der Waals surface area contributed by atoms with Crippen LogP contribution in [0.5, 0.6) is 0 Å². The molecule has 1 atom stereocenters. The van der Waals surface area contributed by atoms with Gasteiger partial charge in [0.2, 0.25) is 0 Å². The topological polar surface area (TPSA) is 61.9 Å². The smallest absolute Gasteiger partial charge is 0.191 e. The molecule has 2 heterocycles. The van der Waals surface area contributed by atoms with E-state index in [9.17, 15) is 4.79 Å². The van der Waals surface area contributed by atoms with Crippen molar-refractivity contribution in [2.75, 3.05) is 19.5 Å². The Bertz CT molecular complexity index is 705. The van der Waals surface area contributed by atoms with Crippen molar-refractivity contribution in [3.8, 4) is 0 Å². The van der Waals surface area contributed by atoms with Gasteiger partial charge in [-0.3, -0.25) is 4.79 Å². The Balaban J connectivity index is 2.14. The third-order valence-electron chi connectivity index (χ3n) is 4.02. The van der Waals surface area contributed by atoms with E-state index >= 15 is 0 Å². The summed E-state index contributed by atoms with van der Waals surface area (Å²) in [6.07, 6.45) is 0. The van der Waals surface area contributed by atoms with Gasteiger partial charge < -0.3 is 13.9 Å². The van der Waals surface area contributed by atoms with E-state index in [4.69, 9.17) is 4.74 Å². The van der Waals surface area contributed by atoms with Crippen LogP contribution >= 0.6 is 11.8 Å². The molecule has 0 unspecified atom stereocenters.